The van der Waals surface area contributed by atoms with E-state index in [1.54, 1.807) is 24.3 Å². The van der Waals surface area contributed by atoms with Crippen LogP contribution in [0.4, 0.5) is 0 Å². The number of hydrogen-bond acceptors (Lipinski definition) is 5. The van der Waals surface area contributed by atoms with Crippen LogP contribution in [-0.2, 0) is 14.3 Å². The molecular weight excluding hydrogens is 348 g/mol. The predicted molar refractivity (Wildman–Crippen MR) is 100 cm³/mol. The van der Waals surface area contributed by atoms with Gasteiger partial charge in [-0.1, -0.05) is 26.8 Å². The molecule has 1 atom stereocenters. The van der Waals surface area contributed by atoms with Crippen LogP contribution in [0.3, 0.4) is 0 Å². The number of nitrogens with zero attached hydrogens (tertiary/aromatic N) is 1. The second kappa shape index (κ2) is 9.94. The van der Waals surface area contributed by atoms with Crippen molar-refractivity contribution in [3.8, 4) is 5.75 Å². The van der Waals surface area contributed by atoms with Crippen molar-refractivity contribution in [3.63, 3.8) is 0 Å². The highest BCUT2D eigenvalue weighted by atomic mass is 16.5. The lowest BCUT2D eigenvalue weighted by molar-refractivity contribution is -0.147. The lowest BCUT2D eigenvalue weighted by atomic mass is 10.1. The Hall–Kier alpha value is -2.57. The third-order valence-electron chi connectivity index (χ3n) is 4.08. The topological polar surface area (TPSA) is 84.9 Å². The first-order valence-electron chi connectivity index (χ1n) is 9.39. The molecule has 1 aromatic rings. The summed E-state index contributed by atoms with van der Waals surface area (Å²) < 4.78 is 10.8. The van der Waals surface area contributed by atoms with E-state index in [4.69, 9.17) is 9.47 Å². The summed E-state index contributed by atoms with van der Waals surface area (Å²) in [6.07, 6.45) is 0.551. The molecule has 1 saturated heterocycles. The third kappa shape index (κ3) is 5.98. The lowest BCUT2D eigenvalue weighted by Gasteiger charge is -2.34. The van der Waals surface area contributed by atoms with Crippen molar-refractivity contribution in [3.05, 3.63) is 29.8 Å². The van der Waals surface area contributed by atoms with Crippen LogP contribution in [0, 0.1) is 5.92 Å². The molecule has 0 radical (unpaired) electrons. The molecule has 0 saturated carbocycles. The molecule has 0 aromatic heterocycles. The lowest BCUT2D eigenvalue weighted by Crippen LogP contribution is -2.57. The number of ether oxygens (including phenoxy) is 2. The maximum absolute atomic E-state index is 13.0. The molecule has 2 amide bonds. The molecule has 27 heavy (non-hydrogen) atoms. The summed E-state index contributed by atoms with van der Waals surface area (Å²) in [5.41, 5.74) is 0.429. The normalized spacial score (nSPS) is 16.8. The minimum atomic E-state index is -0.865. The van der Waals surface area contributed by atoms with Crippen LogP contribution in [0.2, 0.25) is 0 Å². The maximum Gasteiger partial charge on any atom is 0.308 e. The number of hydrogen-bond donors (Lipinski definition) is 1. The summed E-state index contributed by atoms with van der Waals surface area (Å²) in [6, 6.07) is 6.03. The molecule has 1 fully saturated rings. The van der Waals surface area contributed by atoms with Crippen LogP contribution in [0.15, 0.2) is 24.3 Å². The van der Waals surface area contributed by atoms with E-state index in [0.717, 1.165) is 0 Å². The molecule has 1 aliphatic heterocycles. The van der Waals surface area contributed by atoms with Crippen LogP contribution in [0.25, 0.3) is 0 Å². The molecule has 1 N–H and O–H groups in total. The Morgan fingerprint density at radius 3 is 2.81 bits per heavy atom. The zero-order valence-electron chi connectivity index (χ0n) is 16.2. The average Bonchev–Trinajstić information content (AvgIpc) is 2.66. The largest absolute Gasteiger partial charge is 0.493 e. The third-order valence-corrected chi connectivity index (χ3v) is 4.08. The van der Waals surface area contributed by atoms with Crippen molar-refractivity contribution in [1.82, 2.24) is 10.2 Å². The molecule has 0 spiro atoms. The Bertz CT molecular complexity index is 674. The van der Waals surface area contributed by atoms with E-state index in [-0.39, 0.29) is 18.2 Å². The smallest absolute Gasteiger partial charge is 0.308 e. The quantitative estimate of drug-likeness (QED) is 0.702. The van der Waals surface area contributed by atoms with Crippen LogP contribution in [0.5, 0.6) is 5.75 Å². The molecular formula is C20H28N2O5. The van der Waals surface area contributed by atoms with Crippen LogP contribution >= 0.6 is 0 Å². The van der Waals surface area contributed by atoms with Gasteiger partial charge in [-0.2, -0.15) is 0 Å². The summed E-state index contributed by atoms with van der Waals surface area (Å²) in [5.74, 6) is -0.141. The van der Waals surface area contributed by atoms with Gasteiger partial charge >= 0.3 is 5.97 Å². The second-order valence-corrected chi connectivity index (χ2v) is 6.96. The zero-order valence-corrected chi connectivity index (χ0v) is 16.2. The molecule has 1 aromatic carbocycles. The number of benzene rings is 1. The van der Waals surface area contributed by atoms with Gasteiger partial charge in [0, 0.05) is 18.7 Å². The highest BCUT2D eigenvalue weighted by molar-refractivity contribution is 5.99. The van der Waals surface area contributed by atoms with Gasteiger partial charge < -0.3 is 19.7 Å². The molecule has 1 aliphatic rings. The first-order chi connectivity index (χ1) is 12.9. The SMILES string of the molecule is CCCOC(=O)CC1C(=O)NCCN1C(=O)c1cccc(OCC(C)C)c1. The Labute approximate surface area is 160 Å². The molecule has 0 bridgehead atoms. The number of carbonyl (C=O) groups excluding carboxylic acids is 3. The fraction of sp³-hybridized carbons (Fsp3) is 0.550. The molecule has 148 valence electrons. The second-order valence-electron chi connectivity index (χ2n) is 6.96. The van der Waals surface area contributed by atoms with Gasteiger partial charge in [0.25, 0.3) is 5.91 Å². The fourth-order valence-electron chi connectivity index (χ4n) is 2.74. The van der Waals surface area contributed by atoms with Gasteiger partial charge in [0.15, 0.2) is 0 Å². The number of esters is 1. The Morgan fingerprint density at radius 1 is 1.33 bits per heavy atom. The zero-order chi connectivity index (χ0) is 19.8. The van der Waals surface area contributed by atoms with Crippen LogP contribution < -0.4 is 10.1 Å². The van der Waals surface area contributed by atoms with Gasteiger partial charge in [-0.25, -0.2) is 0 Å². The van der Waals surface area contributed by atoms with E-state index in [2.05, 4.69) is 5.32 Å². The van der Waals surface area contributed by atoms with E-state index in [0.29, 0.717) is 50.0 Å². The number of amides is 2. The van der Waals surface area contributed by atoms with Crippen molar-refractivity contribution in [2.75, 3.05) is 26.3 Å². The average molecular weight is 376 g/mol. The van der Waals surface area contributed by atoms with Gasteiger partial charge in [-0.15, -0.1) is 0 Å². The highest BCUT2D eigenvalue weighted by Gasteiger charge is 2.35. The Balaban J connectivity index is 2.12. The number of rotatable bonds is 8. The summed E-state index contributed by atoms with van der Waals surface area (Å²) in [6.45, 7) is 7.53. The van der Waals surface area contributed by atoms with Gasteiger partial charge in [0.2, 0.25) is 5.91 Å². The summed E-state index contributed by atoms with van der Waals surface area (Å²) in [5, 5.41) is 2.71. The number of nitrogens with one attached hydrogen (secondary N) is 1. The van der Waals surface area contributed by atoms with Gasteiger partial charge in [-0.3, -0.25) is 14.4 Å². The summed E-state index contributed by atoms with van der Waals surface area (Å²) in [7, 11) is 0. The molecule has 1 heterocycles. The van der Waals surface area contributed by atoms with Crippen molar-refractivity contribution < 1.29 is 23.9 Å². The first-order valence-corrected chi connectivity index (χ1v) is 9.39. The van der Waals surface area contributed by atoms with E-state index in [9.17, 15) is 14.4 Å². The van der Waals surface area contributed by atoms with E-state index in [1.165, 1.54) is 4.90 Å². The van der Waals surface area contributed by atoms with E-state index < -0.39 is 12.0 Å². The monoisotopic (exact) mass is 376 g/mol. The highest BCUT2D eigenvalue weighted by Crippen LogP contribution is 2.19. The minimum absolute atomic E-state index is 0.152. The molecule has 1 unspecified atom stereocenters. The van der Waals surface area contributed by atoms with E-state index >= 15 is 0 Å². The summed E-state index contributed by atoms with van der Waals surface area (Å²) in [4.78, 5) is 38.6. The van der Waals surface area contributed by atoms with Crippen molar-refractivity contribution in [2.24, 2.45) is 5.92 Å². The van der Waals surface area contributed by atoms with Crippen molar-refractivity contribution in [1.29, 1.82) is 0 Å². The molecule has 0 aliphatic carbocycles. The molecule has 7 heteroatoms. The predicted octanol–water partition coefficient (Wildman–Crippen LogP) is 2.01. The van der Waals surface area contributed by atoms with Crippen LogP contribution in [0.1, 0.15) is 44.0 Å². The standard InChI is InChI=1S/C20H28N2O5/c1-4-10-26-18(23)12-17-19(24)21-8-9-22(17)20(25)15-6-5-7-16(11-15)27-13-14(2)3/h5-7,11,14,17H,4,8-10,12-13H2,1-3H3,(H,21,24). The van der Waals surface area contributed by atoms with Crippen molar-refractivity contribution in [2.45, 2.75) is 39.7 Å². The van der Waals surface area contributed by atoms with Gasteiger partial charge in [0.1, 0.15) is 11.8 Å². The minimum Gasteiger partial charge on any atom is -0.493 e. The molecule has 7 nitrogen and oxygen atoms in total. The van der Waals surface area contributed by atoms with Crippen molar-refractivity contribution >= 4 is 17.8 Å². The van der Waals surface area contributed by atoms with Gasteiger partial charge in [-0.05, 0) is 30.5 Å². The maximum atomic E-state index is 13.0. The number of carbonyl (C=O) groups is 3. The Morgan fingerprint density at radius 2 is 2.11 bits per heavy atom. The fourth-order valence-corrected chi connectivity index (χ4v) is 2.74. The Kier molecular flexibility index (Phi) is 7.64. The molecule has 2 rings (SSSR count). The van der Waals surface area contributed by atoms with E-state index in [1.807, 2.05) is 20.8 Å². The summed E-state index contributed by atoms with van der Waals surface area (Å²) >= 11 is 0. The first kappa shape index (κ1) is 20.7. The number of piperazine rings is 1. The van der Waals surface area contributed by atoms with Crippen LogP contribution in [-0.4, -0.2) is 55.0 Å². The van der Waals surface area contributed by atoms with Gasteiger partial charge in [0.05, 0.1) is 19.6 Å².